The Hall–Kier alpha value is -4.59. The number of halogens is 2. The predicted molar refractivity (Wildman–Crippen MR) is 167 cm³/mol. The van der Waals surface area contributed by atoms with Crippen LogP contribution in [-0.4, -0.2) is 28.0 Å². The largest absolute Gasteiger partial charge is 0.489 e. The van der Waals surface area contributed by atoms with Gasteiger partial charge in [-0.1, -0.05) is 78.7 Å². The molecule has 0 bridgehead atoms. The molecule has 0 aliphatic rings. The van der Waals surface area contributed by atoms with E-state index in [9.17, 15) is 4.79 Å². The summed E-state index contributed by atoms with van der Waals surface area (Å²) in [5.41, 5.74) is 6.85. The molecule has 7 nitrogen and oxygen atoms in total. The zero-order valence-corrected chi connectivity index (χ0v) is 24.3. The van der Waals surface area contributed by atoms with Gasteiger partial charge in [0.2, 0.25) is 0 Å². The van der Waals surface area contributed by atoms with Gasteiger partial charge in [-0.2, -0.15) is 10.2 Å². The van der Waals surface area contributed by atoms with Crippen LogP contribution in [0.15, 0.2) is 114 Å². The first-order chi connectivity index (χ1) is 20.5. The number of hydrazone groups is 1. The van der Waals surface area contributed by atoms with Crippen LogP contribution in [0.1, 0.15) is 24.5 Å². The van der Waals surface area contributed by atoms with Crippen LogP contribution in [0.25, 0.3) is 16.9 Å². The third-order valence-electron chi connectivity index (χ3n) is 6.34. The second-order valence-corrected chi connectivity index (χ2v) is 10.2. The van der Waals surface area contributed by atoms with Gasteiger partial charge in [-0.25, -0.2) is 10.1 Å². The van der Waals surface area contributed by atoms with E-state index in [1.165, 1.54) is 0 Å². The summed E-state index contributed by atoms with van der Waals surface area (Å²) in [6.45, 7) is 2.32. The number of nitrogens with zero attached hydrogens (tertiary/aromatic N) is 3. The number of rotatable bonds is 11. The average molecular weight is 600 g/mol. The zero-order chi connectivity index (χ0) is 29.3. The van der Waals surface area contributed by atoms with Crippen molar-refractivity contribution in [1.82, 2.24) is 15.2 Å². The van der Waals surface area contributed by atoms with Crippen LogP contribution in [0, 0.1) is 0 Å². The first kappa shape index (κ1) is 28.9. The first-order valence-electron chi connectivity index (χ1n) is 13.4. The second-order valence-electron chi connectivity index (χ2n) is 9.34. The molecule has 212 valence electrons. The van der Waals surface area contributed by atoms with Gasteiger partial charge in [0.1, 0.15) is 23.8 Å². The highest BCUT2D eigenvalue weighted by Gasteiger charge is 2.19. The fourth-order valence-electron chi connectivity index (χ4n) is 4.15. The molecule has 1 amide bonds. The zero-order valence-electron chi connectivity index (χ0n) is 22.8. The number of amides is 1. The summed E-state index contributed by atoms with van der Waals surface area (Å²) in [5, 5.41) is 9.85. The standard InChI is InChI=1S/C33H28Cl2N4O3/c1-2-30(42-31-18-15-26(34)19-29(31)35)33(40)37-36-20-25-21-39(27-11-7-4-8-12-27)38-32(25)24-13-16-28(17-14-24)41-22-23-9-5-3-6-10-23/h3-21,30H,2,22H2,1H3,(H,37,40)/b36-20-/t30-/m0/s1. The van der Waals surface area contributed by atoms with E-state index in [1.54, 1.807) is 29.1 Å². The number of carbonyl (C=O) groups excluding carboxylic acids is 1. The number of hydrogen-bond acceptors (Lipinski definition) is 5. The number of para-hydroxylation sites is 1. The highest BCUT2D eigenvalue weighted by molar-refractivity contribution is 6.35. The van der Waals surface area contributed by atoms with Gasteiger partial charge < -0.3 is 9.47 Å². The molecule has 5 aromatic rings. The van der Waals surface area contributed by atoms with Gasteiger partial charge in [0.15, 0.2) is 6.10 Å². The SMILES string of the molecule is CC[C@H](Oc1ccc(Cl)cc1Cl)C(=O)N/N=C\c1cn(-c2ccccc2)nc1-c1ccc(OCc2ccccc2)cc1. The third-order valence-corrected chi connectivity index (χ3v) is 6.87. The molecule has 0 saturated heterocycles. The van der Waals surface area contributed by atoms with E-state index in [1.807, 2.05) is 98.0 Å². The molecule has 1 heterocycles. The summed E-state index contributed by atoms with van der Waals surface area (Å²) in [7, 11) is 0. The monoisotopic (exact) mass is 598 g/mol. The van der Waals surface area contributed by atoms with Crippen molar-refractivity contribution in [2.45, 2.75) is 26.1 Å². The maximum absolute atomic E-state index is 12.9. The minimum absolute atomic E-state index is 0.326. The maximum atomic E-state index is 12.9. The van der Waals surface area contributed by atoms with Gasteiger partial charge in [0.05, 0.1) is 16.9 Å². The van der Waals surface area contributed by atoms with Crippen molar-refractivity contribution in [3.63, 3.8) is 0 Å². The minimum Gasteiger partial charge on any atom is -0.489 e. The molecule has 9 heteroatoms. The molecule has 0 radical (unpaired) electrons. The lowest BCUT2D eigenvalue weighted by atomic mass is 10.1. The van der Waals surface area contributed by atoms with E-state index >= 15 is 0 Å². The van der Waals surface area contributed by atoms with Gasteiger partial charge in [-0.3, -0.25) is 4.79 Å². The summed E-state index contributed by atoms with van der Waals surface area (Å²) in [5.74, 6) is 0.713. The van der Waals surface area contributed by atoms with Crippen LogP contribution in [-0.2, 0) is 11.4 Å². The Morgan fingerprint density at radius 1 is 0.976 bits per heavy atom. The highest BCUT2D eigenvalue weighted by Crippen LogP contribution is 2.29. The molecule has 1 aromatic heterocycles. The van der Waals surface area contributed by atoms with E-state index in [4.69, 9.17) is 37.8 Å². The van der Waals surface area contributed by atoms with Gasteiger partial charge in [-0.15, -0.1) is 0 Å². The van der Waals surface area contributed by atoms with Crippen molar-refractivity contribution in [1.29, 1.82) is 0 Å². The number of ether oxygens (including phenoxy) is 2. The first-order valence-corrected chi connectivity index (χ1v) is 14.1. The summed E-state index contributed by atoms with van der Waals surface area (Å²) >= 11 is 12.2. The van der Waals surface area contributed by atoms with Crippen LogP contribution in [0.4, 0.5) is 0 Å². The third kappa shape index (κ3) is 7.37. The predicted octanol–water partition coefficient (Wildman–Crippen LogP) is 7.73. The Kier molecular flexibility index (Phi) is 9.54. The Labute approximate surface area is 254 Å². The molecule has 0 spiro atoms. The molecular weight excluding hydrogens is 571 g/mol. The quantitative estimate of drug-likeness (QED) is 0.125. The van der Waals surface area contributed by atoms with Crippen molar-refractivity contribution < 1.29 is 14.3 Å². The van der Waals surface area contributed by atoms with Crippen molar-refractivity contribution >= 4 is 35.3 Å². The number of aromatic nitrogens is 2. The van der Waals surface area contributed by atoms with Crippen LogP contribution < -0.4 is 14.9 Å². The van der Waals surface area contributed by atoms with Crippen LogP contribution in [0.5, 0.6) is 11.5 Å². The molecular formula is C33H28Cl2N4O3. The van der Waals surface area contributed by atoms with Crippen molar-refractivity contribution in [3.8, 4) is 28.4 Å². The topological polar surface area (TPSA) is 77.7 Å². The summed E-state index contributed by atoms with van der Waals surface area (Å²) in [6, 6.07) is 32.3. The Morgan fingerprint density at radius 3 is 2.38 bits per heavy atom. The molecule has 4 aromatic carbocycles. The molecule has 1 N–H and O–H groups in total. The number of benzene rings is 4. The normalized spacial score (nSPS) is 11.8. The lowest BCUT2D eigenvalue weighted by Gasteiger charge is -2.16. The minimum atomic E-state index is -0.796. The summed E-state index contributed by atoms with van der Waals surface area (Å²) in [6.07, 6.45) is 3.05. The lowest BCUT2D eigenvalue weighted by molar-refractivity contribution is -0.128. The fourth-order valence-corrected chi connectivity index (χ4v) is 4.61. The smallest absolute Gasteiger partial charge is 0.281 e. The Balaban J connectivity index is 1.33. The molecule has 0 aliphatic heterocycles. The Bertz CT molecular complexity index is 1660. The molecule has 5 rings (SSSR count). The van der Waals surface area contributed by atoms with E-state index in [0.717, 1.165) is 22.6 Å². The maximum Gasteiger partial charge on any atom is 0.281 e. The van der Waals surface area contributed by atoms with Crippen molar-refractivity contribution in [2.75, 3.05) is 0 Å². The van der Waals surface area contributed by atoms with Crippen molar-refractivity contribution in [2.24, 2.45) is 5.10 Å². The number of carbonyl (C=O) groups is 1. The summed E-state index contributed by atoms with van der Waals surface area (Å²) in [4.78, 5) is 12.9. The highest BCUT2D eigenvalue weighted by atomic mass is 35.5. The van der Waals surface area contributed by atoms with Crippen molar-refractivity contribution in [3.05, 3.63) is 130 Å². The molecule has 0 fully saturated rings. The van der Waals surface area contributed by atoms with Gasteiger partial charge in [0, 0.05) is 22.3 Å². The molecule has 0 unspecified atom stereocenters. The fraction of sp³-hybridized carbons (Fsp3) is 0.121. The number of hydrogen-bond donors (Lipinski definition) is 1. The van der Waals surface area contributed by atoms with Gasteiger partial charge in [-0.05, 0) is 66.6 Å². The Morgan fingerprint density at radius 2 is 1.69 bits per heavy atom. The van der Waals surface area contributed by atoms with E-state index in [2.05, 4.69) is 10.5 Å². The second kappa shape index (κ2) is 13.9. The van der Waals surface area contributed by atoms with E-state index < -0.39 is 12.0 Å². The molecule has 42 heavy (non-hydrogen) atoms. The molecule has 1 atom stereocenters. The van der Waals surface area contributed by atoms with Gasteiger partial charge >= 0.3 is 0 Å². The average Bonchev–Trinajstić information content (AvgIpc) is 3.45. The van der Waals surface area contributed by atoms with Crippen LogP contribution >= 0.6 is 23.2 Å². The van der Waals surface area contributed by atoms with E-state index in [-0.39, 0.29) is 0 Å². The van der Waals surface area contributed by atoms with E-state index in [0.29, 0.717) is 40.1 Å². The lowest BCUT2D eigenvalue weighted by Crippen LogP contribution is -2.35. The molecule has 0 saturated carbocycles. The summed E-state index contributed by atoms with van der Waals surface area (Å²) < 4.78 is 13.5. The van der Waals surface area contributed by atoms with Gasteiger partial charge in [0.25, 0.3) is 5.91 Å². The van der Waals surface area contributed by atoms with Crippen LogP contribution in [0.2, 0.25) is 10.0 Å². The molecule has 0 aliphatic carbocycles. The van der Waals surface area contributed by atoms with Crippen LogP contribution in [0.3, 0.4) is 0 Å². The number of nitrogens with one attached hydrogen (secondary N) is 1.